The van der Waals surface area contributed by atoms with Crippen LogP contribution in [0.3, 0.4) is 0 Å². The normalized spacial score (nSPS) is 15.2. The first-order valence-electron chi connectivity index (χ1n) is 14.8. The summed E-state index contributed by atoms with van der Waals surface area (Å²) in [5.74, 6) is -1.66. The van der Waals surface area contributed by atoms with Gasteiger partial charge >= 0.3 is 18.1 Å². The number of nitrogens with zero attached hydrogens (tertiary/aromatic N) is 2. The number of carboxylic acids is 1. The number of aromatic nitrogens is 1. The van der Waals surface area contributed by atoms with Crippen LogP contribution in [-0.4, -0.2) is 46.6 Å². The van der Waals surface area contributed by atoms with E-state index in [2.05, 4.69) is 4.98 Å². The molecule has 0 radical (unpaired) electrons. The molecular weight excluding hydrogens is 692 g/mol. The molecule has 1 N–H and O–H groups in total. The average Bonchev–Trinajstić information content (AvgIpc) is 3.32. The van der Waals surface area contributed by atoms with Crippen LogP contribution in [0.15, 0.2) is 77.0 Å². The van der Waals surface area contributed by atoms with Gasteiger partial charge in [-0.1, -0.05) is 23.2 Å². The van der Waals surface area contributed by atoms with Crippen LogP contribution in [0.25, 0.3) is 6.08 Å². The van der Waals surface area contributed by atoms with E-state index in [1.165, 1.54) is 42.2 Å². The molecule has 2 aromatic carbocycles. The van der Waals surface area contributed by atoms with E-state index in [9.17, 15) is 32.3 Å². The lowest BCUT2D eigenvalue weighted by Gasteiger charge is -2.16. The number of imide groups is 1. The van der Waals surface area contributed by atoms with Crippen LogP contribution in [0, 0.1) is 0 Å². The molecular formula is C34H29Cl2F3N2O8. The fraction of sp³-hybridized carbons (Fsp3) is 0.265. The second kappa shape index (κ2) is 16.0. The van der Waals surface area contributed by atoms with Gasteiger partial charge in [0.2, 0.25) is 5.88 Å². The quantitative estimate of drug-likeness (QED) is 0.133. The van der Waals surface area contributed by atoms with Gasteiger partial charge in [0.05, 0.1) is 17.9 Å². The minimum absolute atomic E-state index is 0.00516. The van der Waals surface area contributed by atoms with E-state index in [-0.39, 0.29) is 29.3 Å². The van der Waals surface area contributed by atoms with Crippen LogP contribution in [0.2, 0.25) is 5.02 Å². The molecule has 1 unspecified atom stereocenters. The standard InChI is InChI=1S/C19H17Cl2NO4.C15H12F3NO4/c1-2-26-19(25)16(21)10-11-9-12(7-8-15(11)20)22-17(23)13-5-3-4-6-14(13)18(22)24;1-9(14(20)21)22-11-3-5-12(6-4-11)23-13-7-2-10(8-19-13)15(16,17)18/h7-10H,2-6H2,1H3;2-9H,1H3,(H,20,21)/b16-10-;. The monoisotopic (exact) mass is 720 g/mol. The summed E-state index contributed by atoms with van der Waals surface area (Å²) in [5, 5.41) is 8.94. The predicted molar refractivity (Wildman–Crippen MR) is 173 cm³/mol. The average molecular weight is 722 g/mol. The third-order valence-corrected chi connectivity index (χ3v) is 7.76. The van der Waals surface area contributed by atoms with Crippen molar-refractivity contribution in [3.8, 4) is 17.4 Å². The van der Waals surface area contributed by atoms with Gasteiger partial charge in [-0.25, -0.2) is 19.5 Å². The highest BCUT2D eigenvalue weighted by Gasteiger charge is 2.39. The highest BCUT2D eigenvalue weighted by atomic mass is 35.5. The second-order valence-electron chi connectivity index (χ2n) is 10.6. The van der Waals surface area contributed by atoms with Crippen molar-refractivity contribution in [3.05, 3.63) is 93.1 Å². The molecule has 3 aromatic rings. The molecule has 2 aliphatic rings. The Balaban J connectivity index is 0.000000223. The maximum Gasteiger partial charge on any atom is 0.417 e. The van der Waals surface area contributed by atoms with Crippen molar-refractivity contribution in [2.75, 3.05) is 11.5 Å². The zero-order valence-corrected chi connectivity index (χ0v) is 27.6. The molecule has 2 heterocycles. The maximum absolute atomic E-state index is 12.7. The molecule has 0 saturated carbocycles. The molecule has 15 heteroatoms. The highest BCUT2D eigenvalue weighted by molar-refractivity contribution is 6.43. The number of carbonyl (C=O) groups excluding carboxylic acids is 3. The molecule has 49 heavy (non-hydrogen) atoms. The van der Waals surface area contributed by atoms with Gasteiger partial charge in [-0.05, 0) is 99.7 Å². The molecule has 0 saturated heterocycles. The van der Waals surface area contributed by atoms with Crippen LogP contribution >= 0.6 is 23.2 Å². The topological polar surface area (TPSA) is 132 Å². The van der Waals surface area contributed by atoms with Crippen molar-refractivity contribution < 1.29 is 51.7 Å². The zero-order chi connectivity index (χ0) is 35.9. The smallest absolute Gasteiger partial charge is 0.417 e. The number of hydrogen-bond donors (Lipinski definition) is 1. The molecule has 258 valence electrons. The molecule has 0 bridgehead atoms. The SMILES string of the molecule is CC(Oc1ccc(Oc2ccc(C(F)(F)F)cn2)cc1)C(=O)O.CCOC(=O)/C(Cl)=C/c1cc(N2C(=O)C3=C(CCCC3)C2=O)ccc1Cl. The molecule has 1 aliphatic heterocycles. The number of alkyl halides is 3. The van der Waals surface area contributed by atoms with Crippen molar-refractivity contribution in [1.82, 2.24) is 4.98 Å². The van der Waals surface area contributed by atoms with Crippen LogP contribution < -0.4 is 14.4 Å². The predicted octanol–water partition coefficient (Wildman–Crippen LogP) is 7.97. The number of pyridine rings is 1. The number of carbonyl (C=O) groups is 4. The second-order valence-corrected chi connectivity index (χ2v) is 11.4. The van der Waals surface area contributed by atoms with Gasteiger partial charge in [0.25, 0.3) is 11.8 Å². The van der Waals surface area contributed by atoms with E-state index in [1.807, 2.05) is 0 Å². The summed E-state index contributed by atoms with van der Waals surface area (Å²) in [4.78, 5) is 52.4. The van der Waals surface area contributed by atoms with E-state index in [1.54, 1.807) is 25.1 Å². The number of hydrogen-bond acceptors (Lipinski definition) is 8. The summed E-state index contributed by atoms with van der Waals surface area (Å²) in [6, 6.07) is 12.7. The summed E-state index contributed by atoms with van der Waals surface area (Å²) in [6.45, 7) is 3.26. The Labute approximate surface area is 288 Å². The largest absolute Gasteiger partial charge is 0.479 e. The van der Waals surface area contributed by atoms with Crippen molar-refractivity contribution in [2.24, 2.45) is 0 Å². The lowest BCUT2D eigenvalue weighted by molar-refractivity contribution is -0.144. The van der Waals surface area contributed by atoms with Crippen molar-refractivity contribution in [2.45, 2.75) is 51.8 Å². The van der Waals surface area contributed by atoms with Gasteiger partial charge in [0.1, 0.15) is 16.5 Å². The maximum atomic E-state index is 12.7. The van der Waals surface area contributed by atoms with Crippen LogP contribution in [0.4, 0.5) is 18.9 Å². The van der Waals surface area contributed by atoms with E-state index in [0.29, 0.717) is 58.0 Å². The number of ether oxygens (including phenoxy) is 3. The van der Waals surface area contributed by atoms with Gasteiger partial charge in [-0.2, -0.15) is 13.2 Å². The molecule has 1 aromatic heterocycles. The lowest BCUT2D eigenvalue weighted by Crippen LogP contribution is -2.31. The summed E-state index contributed by atoms with van der Waals surface area (Å²) < 4.78 is 52.5. The fourth-order valence-electron chi connectivity index (χ4n) is 4.72. The first-order valence-corrected chi connectivity index (χ1v) is 15.6. The van der Waals surface area contributed by atoms with E-state index in [4.69, 9.17) is 42.5 Å². The number of aliphatic carboxylic acids is 1. The van der Waals surface area contributed by atoms with Gasteiger partial charge in [0.15, 0.2) is 6.10 Å². The number of halogens is 5. The summed E-state index contributed by atoms with van der Waals surface area (Å²) in [7, 11) is 0. The summed E-state index contributed by atoms with van der Waals surface area (Å²) in [5.41, 5.74) is 1.18. The van der Waals surface area contributed by atoms with E-state index < -0.39 is 29.8 Å². The molecule has 1 aliphatic carbocycles. The van der Waals surface area contributed by atoms with Gasteiger partial charge in [0, 0.05) is 28.4 Å². The summed E-state index contributed by atoms with van der Waals surface area (Å²) in [6.07, 6.45) is -0.323. The molecule has 0 spiro atoms. The number of carboxylic acid groups (broad SMARTS) is 1. The van der Waals surface area contributed by atoms with Crippen LogP contribution in [0.1, 0.15) is 50.7 Å². The zero-order valence-electron chi connectivity index (χ0n) is 26.1. The van der Waals surface area contributed by atoms with Gasteiger partial charge in [-0.15, -0.1) is 0 Å². The third kappa shape index (κ3) is 9.39. The van der Waals surface area contributed by atoms with Gasteiger partial charge < -0.3 is 19.3 Å². The Hall–Kier alpha value is -4.88. The Kier molecular flexibility index (Phi) is 12.1. The number of anilines is 1. The first-order chi connectivity index (χ1) is 23.2. The Morgan fingerprint density at radius 2 is 1.61 bits per heavy atom. The van der Waals surface area contributed by atoms with E-state index >= 15 is 0 Å². The molecule has 1 atom stereocenters. The number of rotatable bonds is 9. The Morgan fingerprint density at radius 3 is 2.14 bits per heavy atom. The fourth-order valence-corrected chi connectivity index (χ4v) is 5.06. The van der Waals surface area contributed by atoms with Crippen molar-refractivity contribution in [3.63, 3.8) is 0 Å². The lowest BCUT2D eigenvalue weighted by atomic mass is 9.93. The minimum Gasteiger partial charge on any atom is -0.479 e. The number of benzene rings is 2. The Bertz CT molecular complexity index is 1760. The minimum atomic E-state index is -4.45. The van der Waals surface area contributed by atoms with Crippen molar-refractivity contribution >= 4 is 58.7 Å². The number of amides is 2. The number of esters is 1. The molecule has 10 nitrogen and oxygen atoms in total. The van der Waals surface area contributed by atoms with Crippen LogP contribution in [-0.2, 0) is 30.1 Å². The van der Waals surface area contributed by atoms with Crippen LogP contribution in [0.5, 0.6) is 17.4 Å². The molecule has 0 fully saturated rings. The van der Waals surface area contributed by atoms with E-state index in [0.717, 1.165) is 25.0 Å². The third-order valence-electron chi connectivity index (χ3n) is 7.15. The highest BCUT2D eigenvalue weighted by Crippen LogP contribution is 2.37. The molecule has 5 rings (SSSR count). The Morgan fingerprint density at radius 1 is 1.00 bits per heavy atom. The van der Waals surface area contributed by atoms with Crippen molar-refractivity contribution in [1.29, 1.82) is 0 Å². The molecule has 2 amide bonds. The van der Waals surface area contributed by atoms with Gasteiger partial charge in [-0.3, -0.25) is 9.59 Å². The first kappa shape index (κ1) is 36.9. The summed E-state index contributed by atoms with van der Waals surface area (Å²) >= 11 is 12.1.